The molecule has 3 aliphatic rings. The number of nitrogens with one attached hydrogen (secondary N) is 2. The molecule has 0 bridgehead atoms. The number of likely N-dealkylation sites (N-methyl/N-ethyl adjacent to an activating group) is 2. The van der Waals surface area contributed by atoms with E-state index in [0.717, 1.165) is 43.1 Å². The van der Waals surface area contributed by atoms with Gasteiger partial charge in [-0.25, -0.2) is 4.79 Å². The normalized spacial score (nSPS) is 21.5. The van der Waals surface area contributed by atoms with Crippen LogP contribution in [0.25, 0.3) is 11.3 Å². The number of piperazine rings is 1. The van der Waals surface area contributed by atoms with Crippen molar-refractivity contribution in [2.45, 2.75) is 33.6 Å². The number of carboxylic acid groups (broad SMARTS) is 2. The summed E-state index contributed by atoms with van der Waals surface area (Å²) < 4.78 is 4.82. The molecule has 2 unspecified atom stereocenters. The topological polar surface area (TPSA) is 169 Å². The van der Waals surface area contributed by atoms with Crippen molar-refractivity contribution in [1.29, 1.82) is 0 Å². The maximum atomic E-state index is 13.2. The van der Waals surface area contributed by atoms with Gasteiger partial charge in [0.2, 0.25) is 5.91 Å². The van der Waals surface area contributed by atoms with Gasteiger partial charge in [0.15, 0.2) is 0 Å². The number of hydrogen-bond donors (Lipinski definition) is 4. The van der Waals surface area contributed by atoms with E-state index in [2.05, 4.69) is 27.5 Å². The third kappa shape index (κ3) is 8.17. The van der Waals surface area contributed by atoms with E-state index in [9.17, 15) is 24.0 Å². The van der Waals surface area contributed by atoms with Crippen molar-refractivity contribution in [3.8, 4) is 0 Å². The molecule has 1 saturated heterocycles. The minimum absolute atomic E-state index is 0.0444. The second kappa shape index (κ2) is 16.2. The van der Waals surface area contributed by atoms with Crippen LogP contribution in [0.4, 0.5) is 17.1 Å². The van der Waals surface area contributed by atoms with E-state index in [1.165, 1.54) is 7.11 Å². The van der Waals surface area contributed by atoms with E-state index < -0.39 is 34.7 Å². The monoisotopic (exact) mass is 739 g/mol. The zero-order chi connectivity index (χ0) is 39.4. The SMILES string of the molecule is CC1(C(=O)O)CCC(C(=O)O)C1(C)C.COC(=O)c1ccc2c(c1)NC(=O)C2=C(Nc1ccc(N(C)C(=O)CN2CCN(C)CC2)cc1)c1ccccc1. The van der Waals surface area contributed by atoms with E-state index in [4.69, 9.17) is 14.9 Å². The highest BCUT2D eigenvalue weighted by molar-refractivity contribution is 6.37. The number of amides is 2. The van der Waals surface area contributed by atoms with Crippen LogP contribution >= 0.6 is 0 Å². The number of esters is 1. The Bertz CT molecular complexity index is 1940. The molecule has 0 radical (unpaired) electrons. The highest BCUT2D eigenvalue weighted by atomic mass is 16.5. The molecule has 1 saturated carbocycles. The number of fused-ring (bicyclic) bond motifs is 1. The third-order valence-electron chi connectivity index (χ3n) is 11.3. The fourth-order valence-corrected chi connectivity index (χ4v) is 7.22. The first kappa shape index (κ1) is 39.7. The minimum atomic E-state index is -0.921. The number of aliphatic carboxylic acids is 2. The average molecular weight is 740 g/mol. The molecule has 2 amide bonds. The lowest BCUT2D eigenvalue weighted by molar-refractivity contribution is -0.157. The van der Waals surface area contributed by atoms with Gasteiger partial charge >= 0.3 is 17.9 Å². The molecular formula is C41H49N5O8. The largest absolute Gasteiger partial charge is 0.481 e. The quantitative estimate of drug-likeness (QED) is 0.168. The number of carbonyl (C=O) groups excluding carboxylic acids is 3. The standard InChI is InChI=1S/C31H33N5O4.C10H16O4/c1-34-15-17-36(18-16-34)20-27(37)35(2)24-12-10-23(11-13-24)32-29(21-7-5-4-6-8-21)28-25-14-9-22(31(39)40-3)19-26(25)33-30(28)38;1-9(2)6(7(11)12)4-5-10(9,3)8(13)14/h4-14,19,32H,15-18,20H2,1-3H3,(H,33,38);6H,4-5H2,1-3H3,(H,11,12)(H,13,14). The molecule has 2 aliphatic heterocycles. The third-order valence-corrected chi connectivity index (χ3v) is 11.3. The summed E-state index contributed by atoms with van der Waals surface area (Å²) in [5.74, 6) is -3.03. The molecule has 54 heavy (non-hydrogen) atoms. The minimum Gasteiger partial charge on any atom is -0.481 e. The molecule has 13 nitrogen and oxygen atoms in total. The van der Waals surface area contributed by atoms with Gasteiger partial charge in [0.25, 0.3) is 5.91 Å². The molecule has 286 valence electrons. The number of benzene rings is 3. The molecular weight excluding hydrogens is 690 g/mol. The molecule has 2 fully saturated rings. The second-order valence-electron chi connectivity index (χ2n) is 14.8. The van der Waals surface area contributed by atoms with Crippen LogP contribution in [-0.2, 0) is 23.9 Å². The summed E-state index contributed by atoms with van der Waals surface area (Å²) in [6.45, 7) is 9.18. The average Bonchev–Trinajstić information content (AvgIpc) is 3.62. The maximum Gasteiger partial charge on any atom is 0.337 e. The number of rotatable bonds is 9. The van der Waals surface area contributed by atoms with Gasteiger partial charge < -0.3 is 35.4 Å². The number of carbonyl (C=O) groups is 5. The lowest BCUT2D eigenvalue weighted by Crippen LogP contribution is -2.48. The molecule has 2 atom stereocenters. The van der Waals surface area contributed by atoms with Crippen LogP contribution in [0.1, 0.15) is 55.1 Å². The highest BCUT2D eigenvalue weighted by Crippen LogP contribution is 2.56. The molecule has 6 rings (SSSR count). The first-order valence-electron chi connectivity index (χ1n) is 17.9. The summed E-state index contributed by atoms with van der Waals surface area (Å²) in [5, 5.41) is 24.4. The maximum absolute atomic E-state index is 13.2. The number of nitrogens with zero attached hydrogens (tertiary/aromatic N) is 3. The number of ether oxygens (including phenoxy) is 1. The van der Waals surface area contributed by atoms with E-state index in [-0.39, 0.29) is 11.8 Å². The smallest absolute Gasteiger partial charge is 0.337 e. The summed E-state index contributed by atoms with van der Waals surface area (Å²) in [6, 6.07) is 22.2. The van der Waals surface area contributed by atoms with E-state index in [1.54, 1.807) is 50.9 Å². The van der Waals surface area contributed by atoms with E-state index in [1.807, 2.05) is 54.6 Å². The van der Waals surface area contributed by atoms with E-state index >= 15 is 0 Å². The lowest BCUT2D eigenvalue weighted by Gasteiger charge is -2.36. The van der Waals surface area contributed by atoms with Crippen LogP contribution in [0.5, 0.6) is 0 Å². The van der Waals surface area contributed by atoms with Crippen molar-refractivity contribution in [3.05, 3.63) is 89.5 Å². The molecule has 1 aliphatic carbocycles. The second-order valence-corrected chi connectivity index (χ2v) is 14.8. The molecule has 3 aromatic carbocycles. The summed E-state index contributed by atoms with van der Waals surface area (Å²) >= 11 is 0. The molecule has 2 heterocycles. The van der Waals surface area contributed by atoms with Gasteiger partial charge in [-0.15, -0.1) is 0 Å². The van der Waals surface area contributed by atoms with Gasteiger partial charge in [-0.2, -0.15) is 0 Å². The number of carboxylic acids is 2. The van der Waals surface area contributed by atoms with Gasteiger partial charge in [-0.05, 0) is 74.2 Å². The summed E-state index contributed by atoms with van der Waals surface area (Å²) in [6.07, 6.45) is 0.886. The van der Waals surface area contributed by atoms with Gasteiger partial charge in [-0.3, -0.25) is 24.1 Å². The molecule has 13 heteroatoms. The number of methoxy groups -OCH3 is 1. The Kier molecular flexibility index (Phi) is 11.9. The van der Waals surface area contributed by atoms with Crippen LogP contribution < -0.4 is 15.5 Å². The van der Waals surface area contributed by atoms with Crippen LogP contribution in [0.2, 0.25) is 0 Å². The highest BCUT2D eigenvalue weighted by Gasteiger charge is 2.58. The van der Waals surface area contributed by atoms with Crippen molar-refractivity contribution in [1.82, 2.24) is 9.80 Å². The Morgan fingerprint density at radius 2 is 1.57 bits per heavy atom. The fourth-order valence-electron chi connectivity index (χ4n) is 7.22. The molecule has 4 N–H and O–H groups in total. The molecule has 0 spiro atoms. The van der Waals surface area contributed by atoms with Gasteiger partial charge in [-0.1, -0.05) is 50.2 Å². The van der Waals surface area contributed by atoms with Crippen LogP contribution in [0, 0.1) is 16.7 Å². The number of anilines is 3. The van der Waals surface area contributed by atoms with Crippen molar-refractivity contribution in [2.24, 2.45) is 16.7 Å². The summed E-state index contributed by atoms with van der Waals surface area (Å²) in [4.78, 5) is 66.3. The van der Waals surface area contributed by atoms with Gasteiger partial charge in [0.05, 0.1) is 47.5 Å². The summed E-state index contributed by atoms with van der Waals surface area (Å²) in [5.41, 5.74) is 3.49. The molecule has 0 aromatic heterocycles. The van der Waals surface area contributed by atoms with Crippen molar-refractivity contribution >= 4 is 58.1 Å². The zero-order valence-electron chi connectivity index (χ0n) is 31.6. The predicted molar refractivity (Wildman–Crippen MR) is 207 cm³/mol. The summed E-state index contributed by atoms with van der Waals surface area (Å²) in [7, 11) is 5.21. The van der Waals surface area contributed by atoms with Crippen molar-refractivity contribution in [2.75, 3.05) is 69.5 Å². The Morgan fingerprint density at radius 3 is 2.13 bits per heavy atom. The first-order chi connectivity index (χ1) is 25.6. The van der Waals surface area contributed by atoms with Gasteiger partial charge in [0, 0.05) is 50.2 Å². The Balaban J connectivity index is 0.000000338. The first-order valence-corrected chi connectivity index (χ1v) is 17.9. The fraction of sp³-hybridized carbons (Fsp3) is 0.390. The van der Waals surface area contributed by atoms with Crippen LogP contribution in [0.15, 0.2) is 72.8 Å². The Morgan fingerprint density at radius 1 is 0.926 bits per heavy atom. The van der Waals surface area contributed by atoms with E-state index in [0.29, 0.717) is 47.5 Å². The van der Waals surface area contributed by atoms with Crippen molar-refractivity contribution < 1.29 is 38.9 Å². The lowest BCUT2D eigenvalue weighted by atomic mass is 9.66. The van der Waals surface area contributed by atoms with Crippen LogP contribution in [0.3, 0.4) is 0 Å². The van der Waals surface area contributed by atoms with Crippen molar-refractivity contribution in [3.63, 3.8) is 0 Å². The Labute approximate surface area is 315 Å². The number of hydrogen-bond acceptors (Lipinski definition) is 9. The predicted octanol–water partition coefficient (Wildman–Crippen LogP) is 5.21. The zero-order valence-corrected chi connectivity index (χ0v) is 31.6. The van der Waals surface area contributed by atoms with Crippen LogP contribution in [-0.4, -0.2) is 104 Å². The van der Waals surface area contributed by atoms with Gasteiger partial charge in [0.1, 0.15) is 0 Å². The molecule has 3 aromatic rings. The Hall–Kier alpha value is -5.53.